The van der Waals surface area contributed by atoms with E-state index in [1.54, 1.807) is 13.8 Å². The Morgan fingerprint density at radius 3 is 2.40 bits per heavy atom. The van der Waals surface area contributed by atoms with Gasteiger partial charge in [-0.1, -0.05) is 20.3 Å². The van der Waals surface area contributed by atoms with Crippen LogP contribution in [0.2, 0.25) is 0 Å². The van der Waals surface area contributed by atoms with Crippen LogP contribution in [0.15, 0.2) is 21.6 Å². The van der Waals surface area contributed by atoms with Gasteiger partial charge >= 0.3 is 5.97 Å². The summed E-state index contributed by atoms with van der Waals surface area (Å²) >= 11 is 0. The average molecular weight is 303 g/mol. The number of hydrogen-bond donors (Lipinski definition) is 2. The molecule has 7 nitrogen and oxygen atoms in total. The lowest BCUT2D eigenvalue weighted by atomic mass is 9.99. The summed E-state index contributed by atoms with van der Waals surface area (Å²) in [7, 11) is -3.54. The second kappa shape index (κ2) is 6.08. The first-order chi connectivity index (χ1) is 9.16. The average Bonchev–Trinajstić information content (AvgIpc) is 2.83. The molecule has 20 heavy (non-hydrogen) atoms. The third-order valence-electron chi connectivity index (χ3n) is 2.94. The molecule has 2 N–H and O–H groups in total. The van der Waals surface area contributed by atoms with E-state index in [2.05, 4.69) is 5.32 Å². The number of amides is 1. The first kappa shape index (κ1) is 16.2. The van der Waals surface area contributed by atoms with E-state index < -0.39 is 27.8 Å². The van der Waals surface area contributed by atoms with Gasteiger partial charge in [0.25, 0.3) is 5.91 Å². The molecule has 2 unspecified atom stereocenters. The fraction of sp³-hybridized carbons (Fsp3) is 0.500. The van der Waals surface area contributed by atoms with E-state index in [9.17, 15) is 18.0 Å². The standard InChI is InChI=1S/C12H17NO6S/c1-4-7(2)10(12(15)16)13-11(14)8-5-6-9(19-8)20(3,17)18/h5-7,10H,4H2,1-3H3,(H,13,14)(H,15,16). The molecule has 0 radical (unpaired) electrons. The molecular formula is C12H17NO6S. The van der Waals surface area contributed by atoms with Crippen LogP contribution in [0.1, 0.15) is 30.8 Å². The van der Waals surface area contributed by atoms with Crippen LogP contribution in [0.25, 0.3) is 0 Å². The molecule has 1 amide bonds. The van der Waals surface area contributed by atoms with Crippen LogP contribution in [-0.2, 0) is 14.6 Å². The van der Waals surface area contributed by atoms with E-state index in [1.807, 2.05) is 0 Å². The molecule has 0 aliphatic carbocycles. The highest BCUT2D eigenvalue weighted by molar-refractivity contribution is 7.90. The van der Waals surface area contributed by atoms with Crippen molar-refractivity contribution in [3.63, 3.8) is 0 Å². The number of hydrogen-bond acceptors (Lipinski definition) is 5. The van der Waals surface area contributed by atoms with E-state index in [0.29, 0.717) is 6.42 Å². The quantitative estimate of drug-likeness (QED) is 0.807. The van der Waals surface area contributed by atoms with Gasteiger partial charge in [0.15, 0.2) is 5.76 Å². The Balaban J connectivity index is 2.90. The van der Waals surface area contributed by atoms with Crippen molar-refractivity contribution in [2.75, 3.05) is 6.26 Å². The van der Waals surface area contributed by atoms with Crippen molar-refractivity contribution in [2.24, 2.45) is 5.92 Å². The molecule has 0 saturated heterocycles. The molecule has 0 aromatic carbocycles. The molecule has 0 bridgehead atoms. The van der Waals surface area contributed by atoms with E-state index >= 15 is 0 Å². The van der Waals surface area contributed by atoms with Gasteiger partial charge in [-0.15, -0.1) is 0 Å². The first-order valence-corrected chi connectivity index (χ1v) is 7.89. The first-order valence-electron chi connectivity index (χ1n) is 6.00. The minimum atomic E-state index is -3.54. The number of carboxylic acids is 1. The Morgan fingerprint density at radius 1 is 1.40 bits per heavy atom. The van der Waals surface area contributed by atoms with Crippen LogP contribution in [0, 0.1) is 5.92 Å². The maximum absolute atomic E-state index is 11.9. The zero-order chi connectivity index (χ0) is 15.5. The summed E-state index contributed by atoms with van der Waals surface area (Å²) in [6.45, 7) is 3.50. The molecule has 0 aliphatic heterocycles. The van der Waals surface area contributed by atoms with E-state index in [-0.39, 0.29) is 16.8 Å². The van der Waals surface area contributed by atoms with E-state index in [1.165, 1.54) is 6.07 Å². The van der Waals surface area contributed by atoms with Crippen molar-refractivity contribution in [2.45, 2.75) is 31.4 Å². The van der Waals surface area contributed by atoms with Crippen molar-refractivity contribution in [3.05, 3.63) is 17.9 Å². The Kier molecular flexibility index (Phi) is 4.93. The lowest BCUT2D eigenvalue weighted by molar-refractivity contribution is -0.140. The fourth-order valence-corrected chi connectivity index (χ4v) is 2.09. The molecule has 0 fully saturated rings. The molecule has 1 rings (SSSR count). The van der Waals surface area contributed by atoms with Gasteiger partial charge in [0, 0.05) is 6.26 Å². The summed E-state index contributed by atoms with van der Waals surface area (Å²) < 4.78 is 27.4. The SMILES string of the molecule is CCC(C)C(NC(=O)c1ccc(S(C)(=O)=O)o1)C(=O)O. The highest BCUT2D eigenvalue weighted by Gasteiger charge is 2.27. The third kappa shape index (κ3) is 3.83. The number of aliphatic carboxylic acids is 1. The summed E-state index contributed by atoms with van der Waals surface area (Å²) in [5.41, 5.74) is 0. The summed E-state index contributed by atoms with van der Waals surface area (Å²) in [5.74, 6) is -2.41. The highest BCUT2D eigenvalue weighted by atomic mass is 32.2. The normalized spacial score (nSPS) is 14.6. The molecule has 0 saturated carbocycles. The van der Waals surface area contributed by atoms with Crippen LogP contribution in [0.5, 0.6) is 0 Å². The molecule has 1 aromatic heterocycles. The predicted molar refractivity (Wildman–Crippen MR) is 70.2 cm³/mol. The van der Waals surface area contributed by atoms with Gasteiger partial charge in [-0.3, -0.25) is 4.79 Å². The largest absolute Gasteiger partial charge is 0.480 e. The van der Waals surface area contributed by atoms with Crippen LogP contribution in [0.3, 0.4) is 0 Å². The topological polar surface area (TPSA) is 114 Å². The highest BCUT2D eigenvalue weighted by Crippen LogP contribution is 2.15. The van der Waals surface area contributed by atoms with Gasteiger partial charge < -0.3 is 14.8 Å². The summed E-state index contributed by atoms with van der Waals surface area (Å²) in [5, 5.41) is 11.0. The minimum Gasteiger partial charge on any atom is -0.480 e. The van der Waals surface area contributed by atoms with Crippen molar-refractivity contribution in [1.82, 2.24) is 5.32 Å². The number of sulfone groups is 1. The Bertz CT molecular complexity index is 603. The van der Waals surface area contributed by atoms with E-state index in [0.717, 1.165) is 12.3 Å². The Hall–Kier alpha value is -1.83. The molecular weight excluding hydrogens is 286 g/mol. The number of carbonyl (C=O) groups excluding carboxylic acids is 1. The summed E-state index contributed by atoms with van der Waals surface area (Å²) in [6, 6.07) is 1.30. The number of rotatable bonds is 6. The fourth-order valence-electron chi connectivity index (χ4n) is 1.54. The summed E-state index contributed by atoms with van der Waals surface area (Å²) in [6.07, 6.45) is 1.52. The van der Waals surface area contributed by atoms with Crippen molar-refractivity contribution >= 4 is 21.7 Å². The third-order valence-corrected chi connectivity index (χ3v) is 3.89. The maximum Gasteiger partial charge on any atom is 0.326 e. The number of carboxylic acid groups (broad SMARTS) is 1. The number of carbonyl (C=O) groups is 2. The van der Waals surface area contributed by atoms with Crippen molar-refractivity contribution < 1.29 is 27.5 Å². The molecule has 0 spiro atoms. The summed E-state index contributed by atoms with van der Waals surface area (Å²) in [4.78, 5) is 22.9. The van der Waals surface area contributed by atoms with Gasteiger partial charge in [-0.2, -0.15) is 0 Å². The van der Waals surface area contributed by atoms with Crippen LogP contribution in [-0.4, -0.2) is 37.7 Å². The monoisotopic (exact) mass is 303 g/mol. The van der Waals surface area contributed by atoms with Crippen LogP contribution < -0.4 is 5.32 Å². The van der Waals surface area contributed by atoms with E-state index in [4.69, 9.17) is 9.52 Å². The zero-order valence-corrected chi connectivity index (χ0v) is 12.2. The van der Waals surface area contributed by atoms with Gasteiger partial charge in [0.1, 0.15) is 6.04 Å². The van der Waals surface area contributed by atoms with Gasteiger partial charge in [-0.05, 0) is 18.1 Å². The Labute approximate surface area is 116 Å². The lowest BCUT2D eigenvalue weighted by Gasteiger charge is -2.19. The molecule has 1 heterocycles. The number of furan rings is 1. The van der Waals surface area contributed by atoms with Crippen molar-refractivity contribution in [1.29, 1.82) is 0 Å². The maximum atomic E-state index is 11.9. The molecule has 0 aliphatic rings. The minimum absolute atomic E-state index is 0.236. The zero-order valence-electron chi connectivity index (χ0n) is 11.4. The predicted octanol–water partition coefficient (Wildman–Crippen LogP) is 0.912. The van der Waals surface area contributed by atoms with Crippen LogP contribution >= 0.6 is 0 Å². The number of nitrogens with one attached hydrogen (secondary N) is 1. The molecule has 1 aromatic rings. The molecule has 112 valence electrons. The molecule has 8 heteroatoms. The van der Waals surface area contributed by atoms with Gasteiger partial charge in [0.05, 0.1) is 0 Å². The van der Waals surface area contributed by atoms with Gasteiger partial charge in [-0.25, -0.2) is 13.2 Å². The lowest BCUT2D eigenvalue weighted by Crippen LogP contribution is -2.44. The Morgan fingerprint density at radius 2 is 2.00 bits per heavy atom. The van der Waals surface area contributed by atoms with Crippen LogP contribution in [0.4, 0.5) is 0 Å². The van der Waals surface area contributed by atoms with Gasteiger partial charge in [0.2, 0.25) is 14.9 Å². The van der Waals surface area contributed by atoms with Crippen molar-refractivity contribution in [3.8, 4) is 0 Å². The molecule has 2 atom stereocenters. The second-order valence-electron chi connectivity index (χ2n) is 4.57. The second-order valence-corrected chi connectivity index (χ2v) is 6.51. The smallest absolute Gasteiger partial charge is 0.326 e.